The summed E-state index contributed by atoms with van der Waals surface area (Å²) in [4.78, 5) is 24.8. The van der Waals surface area contributed by atoms with Crippen molar-refractivity contribution in [3.63, 3.8) is 0 Å². The van der Waals surface area contributed by atoms with Gasteiger partial charge in [-0.05, 0) is 45.6 Å². The van der Waals surface area contributed by atoms with E-state index in [1.807, 2.05) is 20.8 Å². The van der Waals surface area contributed by atoms with Gasteiger partial charge in [0.1, 0.15) is 0 Å². The monoisotopic (exact) mass is 286 g/mol. The number of nitrogens with zero attached hydrogens (tertiary/aromatic N) is 1. The molecule has 0 aliphatic heterocycles. The summed E-state index contributed by atoms with van der Waals surface area (Å²) in [5.41, 5.74) is 5.36. The van der Waals surface area contributed by atoms with Crippen LogP contribution in [0, 0.1) is 11.8 Å². The van der Waals surface area contributed by atoms with Gasteiger partial charge in [-0.2, -0.15) is 0 Å². The van der Waals surface area contributed by atoms with Gasteiger partial charge in [0, 0.05) is 18.5 Å². The molecule has 0 unspecified atom stereocenters. The van der Waals surface area contributed by atoms with E-state index in [1.165, 1.54) is 0 Å². The van der Waals surface area contributed by atoms with Gasteiger partial charge in [-0.25, -0.2) is 0 Å². The average molecular weight is 286 g/mol. The highest BCUT2D eigenvalue weighted by atomic mass is 16.4. The fraction of sp³-hybridized carbons (Fsp3) is 0.867. The Balaban J connectivity index is 4.73. The third kappa shape index (κ3) is 7.48. The third-order valence-corrected chi connectivity index (χ3v) is 3.26. The van der Waals surface area contributed by atoms with Gasteiger partial charge in [0.05, 0.1) is 6.42 Å². The van der Waals surface area contributed by atoms with E-state index in [2.05, 4.69) is 13.8 Å². The molecule has 0 aromatic carbocycles. The van der Waals surface area contributed by atoms with Gasteiger partial charge < -0.3 is 15.7 Å². The number of carboxylic acid groups (broad SMARTS) is 1. The maximum atomic E-state index is 12.4. The molecule has 0 radical (unpaired) electrons. The Morgan fingerprint density at radius 2 is 1.80 bits per heavy atom. The summed E-state index contributed by atoms with van der Waals surface area (Å²) in [6.07, 6.45) is 1.28. The van der Waals surface area contributed by atoms with Crippen LogP contribution in [0.1, 0.15) is 53.9 Å². The summed E-state index contributed by atoms with van der Waals surface area (Å²) in [5.74, 6) is -0.227. The van der Waals surface area contributed by atoms with Crippen molar-refractivity contribution in [2.24, 2.45) is 17.6 Å². The summed E-state index contributed by atoms with van der Waals surface area (Å²) < 4.78 is 0. The SMILES string of the molecule is CC(C)C[C@H](CN)CC(=O)N(CCC(=O)O)C(C)(C)C. The van der Waals surface area contributed by atoms with Crippen molar-refractivity contribution < 1.29 is 14.7 Å². The van der Waals surface area contributed by atoms with Crippen LogP contribution in [-0.2, 0) is 9.59 Å². The zero-order valence-electron chi connectivity index (χ0n) is 13.5. The molecule has 1 amide bonds. The van der Waals surface area contributed by atoms with E-state index in [0.717, 1.165) is 6.42 Å². The smallest absolute Gasteiger partial charge is 0.305 e. The maximum absolute atomic E-state index is 12.4. The van der Waals surface area contributed by atoms with Crippen molar-refractivity contribution in [2.45, 2.75) is 59.4 Å². The number of carbonyl (C=O) groups excluding carboxylic acids is 1. The molecule has 118 valence electrons. The number of nitrogens with two attached hydrogens (primary N) is 1. The lowest BCUT2D eigenvalue weighted by atomic mass is 9.93. The van der Waals surface area contributed by atoms with E-state index in [-0.39, 0.29) is 30.3 Å². The number of carboxylic acids is 1. The Bertz CT molecular complexity index is 322. The lowest BCUT2D eigenvalue weighted by molar-refractivity contribution is -0.141. The molecule has 0 aliphatic rings. The topological polar surface area (TPSA) is 83.6 Å². The van der Waals surface area contributed by atoms with Crippen LogP contribution in [-0.4, -0.2) is 40.5 Å². The molecule has 0 saturated heterocycles. The normalized spacial score (nSPS) is 13.3. The summed E-state index contributed by atoms with van der Waals surface area (Å²) in [5, 5.41) is 8.80. The molecule has 0 aliphatic carbocycles. The van der Waals surface area contributed by atoms with Crippen LogP contribution >= 0.6 is 0 Å². The minimum absolute atomic E-state index is 0.00477. The van der Waals surface area contributed by atoms with Crippen molar-refractivity contribution in [2.75, 3.05) is 13.1 Å². The molecule has 0 heterocycles. The molecule has 0 fully saturated rings. The van der Waals surface area contributed by atoms with Gasteiger partial charge in [0.25, 0.3) is 0 Å². The highest BCUT2D eigenvalue weighted by Gasteiger charge is 2.28. The molecule has 0 bridgehead atoms. The molecule has 20 heavy (non-hydrogen) atoms. The summed E-state index contributed by atoms with van der Waals surface area (Å²) in [7, 11) is 0. The third-order valence-electron chi connectivity index (χ3n) is 3.26. The van der Waals surface area contributed by atoms with Crippen molar-refractivity contribution >= 4 is 11.9 Å². The van der Waals surface area contributed by atoms with E-state index >= 15 is 0 Å². The fourth-order valence-corrected chi connectivity index (χ4v) is 2.33. The Hall–Kier alpha value is -1.10. The minimum Gasteiger partial charge on any atom is -0.481 e. The lowest BCUT2D eigenvalue weighted by Crippen LogP contribution is -2.47. The average Bonchev–Trinajstić information content (AvgIpc) is 2.25. The van der Waals surface area contributed by atoms with Crippen LogP contribution in [0.15, 0.2) is 0 Å². The Kier molecular flexibility index (Phi) is 7.79. The molecule has 0 aromatic rings. The predicted molar refractivity (Wildman–Crippen MR) is 80.3 cm³/mol. The van der Waals surface area contributed by atoms with Crippen LogP contribution < -0.4 is 5.73 Å². The molecule has 1 atom stereocenters. The number of hydrogen-bond acceptors (Lipinski definition) is 3. The summed E-state index contributed by atoms with van der Waals surface area (Å²) in [6, 6.07) is 0. The number of carbonyl (C=O) groups is 2. The van der Waals surface area contributed by atoms with Gasteiger partial charge in [0.2, 0.25) is 5.91 Å². The zero-order valence-corrected chi connectivity index (χ0v) is 13.5. The van der Waals surface area contributed by atoms with Crippen molar-refractivity contribution in [3.8, 4) is 0 Å². The lowest BCUT2D eigenvalue weighted by Gasteiger charge is -2.36. The Labute approximate surface area is 122 Å². The number of amides is 1. The van der Waals surface area contributed by atoms with Crippen molar-refractivity contribution in [1.82, 2.24) is 4.90 Å². The number of rotatable bonds is 8. The van der Waals surface area contributed by atoms with Gasteiger partial charge in [-0.3, -0.25) is 9.59 Å². The van der Waals surface area contributed by atoms with Gasteiger partial charge in [-0.15, -0.1) is 0 Å². The number of aliphatic carboxylic acids is 1. The molecular formula is C15H30N2O3. The molecule has 0 spiro atoms. The molecule has 0 aromatic heterocycles. The second-order valence-electron chi connectivity index (χ2n) is 6.80. The standard InChI is InChI=1S/C15H30N2O3/c1-11(2)8-12(10-16)9-13(18)17(15(3,4)5)7-6-14(19)20/h11-12H,6-10,16H2,1-5H3,(H,19,20)/t12-/m0/s1. The highest BCUT2D eigenvalue weighted by Crippen LogP contribution is 2.20. The second-order valence-corrected chi connectivity index (χ2v) is 6.80. The Morgan fingerprint density at radius 1 is 1.25 bits per heavy atom. The van der Waals surface area contributed by atoms with E-state index in [9.17, 15) is 9.59 Å². The first-order valence-electron chi connectivity index (χ1n) is 7.30. The first-order valence-corrected chi connectivity index (χ1v) is 7.30. The molecule has 5 heteroatoms. The van der Waals surface area contributed by atoms with Crippen molar-refractivity contribution in [3.05, 3.63) is 0 Å². The van der Waals surface area contributed by atoms with E-state index in [1.54, 1.807) is 4.90 Å². The van der Waals surface area contributed by atoms with Gasteiger partial charge in [-0.1, -0.05) is 13.8 Å². The quantitative estimate of drug-likeness (QED) is 0.715. The van der Waals surface area contributed by atoms with Crippen LogP contribution in [0.4, 0.5) is 0 Å². The molecule has 0 rings (SSSR count). The minimum atomic E-state index is -0.885. The number of hydrogen-bond donors (Lipinski definition) is 2. The zero-order chi connectivity index (χ0) is 15.9. The summed E-state index contributed by atoms with van der Waals surface area (Å²) >= 11 is 0. The van der Waals surface area contributed by atoms with Gasteiger partial charge >= 0.3 is 5.97 Å². The molecule has 0 saturated carbocycles. The molecule has 5 nitrogen and oxygen atoms in total. The maximum Gasteiger partial charge on any atom is 0.305 e. The van der Waals surface area contributed by atoms with Crippen LogP contribution in [0.2, 0.25) is 0 Å². The van der Waals surface area contributed by atoms with E-state index in [4.69, 9.17) is 10.8 Å². The van der Waals surface area contributed by atoms with Crippen LogP contribution in [0.3, 0.4) is 0 Å². The van der Waals surface area contributed by atoms with Crippen molar-refractivity contribution in [1.29, 1.82) is 0 Å². The first kappa shape index (κ1) is 18.9. The van der Waals surface area contributed by atoms with E-state index in [0.29, 0.717) is 18.9 Å². The fourth-order valence-electron chi connectivity index (χ4n) is 2.33. The first-order chi connectivity index (χ1) is 9.07. The van der Waals surface area contributed by atoms with Crippen LogP contribution in [0.5, 0.6) is 0 Å². The Morgan fingerprint density at radius 3 is 2.15 bits per heavy atom. The van der Waals surface area contributed by atoms with Gasteiger partial charge in [0.15, 0.2) is 0 Å². The predicted octanol–water partition coefficient (Wildman–Crippen LogP) is 2.10. The van der Waals surface area contributed by atoms with E-state index < -0.39 is 5.97 Å². The second kappa shape index (κ2) is 8.25. The summed E-state index contributed by atoms with van der Waals surface area (Å²) in [6.45, 7) is 10.7. The molecule has 3 N–H and O–H groups in total. The largest absolute Gasteiger partial charge is 0.481 e. The molecular weight excluding hydrogens is 256 g/mol. The highest BCUT2D eigenvalue weighted by molar-refractivity contribution is 5.78. The van der Waals surface area contributed by atoms with Crippen LogP contribution in [0.25, 0.3) is 0 Å².